The summed E-state index contributed by atoms with van der Waals surface area (Å²) in [5, 5.41) is 0.334. The maximum Gasteiger partial charge on any atom is 0.163 e. The van der Waals surface area contributed by atoms with Gasteiger partial charge in [0.05, 0.1) is 10.7 Å². The van der Waals surface area contributed by atoms with Crippen LogP contribution in [0.2, 0.25) is 10.2 Å². The molecule has 0 N–H and O–H groups in total. The van der Waals surface area contributed by atoms with Crippen LogP contribution in [0.15, 0.2) is 6.07 Å². The number of halogens is 3. The Morgan fingerprint density at radius 2 is 2.08 bits per heavy atom. The van der Waals surface area contributed by atoms with Crippen LogP contribution in [-0.2, 0) is 0 Å². The van der Waals surface area contributed by atoms with Crippen molar-refractivity contribution in [2.75, 3.05) is 0 Å². The molecule has 1 aliphatic carbocycles. The molecule has 1 nitrogen and oxygen atoms in total. The van der Waals surface area contributed by atoms with Gasteiger partial charge >= 0.3 is 0 Å². The summed E-state index contributed by atoms with van der Waals surface area (Å²) in [5.74, 6) is -0.176. The van der Waals surface area contributed by atoms with E-state index in [4.69, 9.17) is 23.2 Å². The quantitative estimate of drug-likeness (QED) is 0.641. The number of hydrogen-bond donors (Lipinski definition) is 0. The van der Waals surface area contributed by atoms with Gasteiger partial charge in [-0.2, -0.15) is 0 Å². The molecule has 0 saturated heterocycles. The van der Waals surface area contributed by atoms with Gasteiger partial charge in [-0.15, -0.1) is 0 Å². The van der Waals surface area contributed by atoms with E-state index in [-0.39, 0.29) is 16.1 Å². The Morgan fingerprint density at radius 3 is 2.67 bits per heavy atom. The zero-order valence-electron chi connectivity index (χ0n) is 6.15. The van der Waals surface area contributed by atoms with Crippen molar-refractivity contribution in [3.8, 4) is 0 Å². The molecule has 0 bridgehead atoms. The third-order valence-electron chi connectivity index (χ3n) is 1.87. The van der Waals surface area contributed by atoms with Crippen LogP contribution in [0, 0.1) is 5.82 Å². The Balaban J connectivity index is 2.51. The van der Waals surface area contributed by atoms with Gasteiger partial charge in [0.25, 0.3) is 0 Å². The largest absolute Gasteiger partial charge is 0.238 e. The summed E-state index contributed by atoms with van der Waals surface area (Å²) < 4.78 is 13.2. The van der Waals surface area contributed by atoms with Crippen LogP contribution in [0.3, 0.4) is 0 Å². The topological polar surface area (TPSA) is 12.9 Å². The lowest BCUT2D eigenvalue weighted by atomic mass is 10.2. The molecule has 1 heterocycles. The fourth-order valence-corrected chi connectivity index (χ4v) is 1.57. The maximum atomic E-state index is 13.2. The fourth-order valence-electron chi connectivity index (χ4n) is 1.11. The van der Waals surface area contributed by atoms with Gasteiger partial charge in [0, 0.05) is 5.92 Å². The first kappa shape index (κ1) is 8.27. The van der Waals surface area contributed by atoms with Crippen molar-refractivity contribution in [3.63, 3.8) is 0 Å². The Kier molecular flexibility index (Phi) is 1.97. The van der Waals surface area contributed by atoms with E-state index in [1.807, 2.05) is 0 Å². The van der Waals surface area contributed by atoms with Crippen LogP contribution in [0.1, 0.15) is 24.5 Å². The van der Waals surface area contributed by atoms with E-state index in [9.17, 15) is 4.39 Å². The third kappa shape index (κ3) is 1.41. The highest BCUT2D eigenvalue weighted by atomic mass is 35.5. The maximum absolute atomic E-state index is 13.2. The van der Waals surface area contributed by atoms with E-state index >= 15 is 0 Å². The predicted molar refractivity (Wildman–Crippen MR) is 46.2 cm³/mol. The summed E-state index contributed by atoms with van der Waals surface area (Å²) in [6.07, 6.45) is 1.97. The van der Waals surface area contributed by atoms with Gasteiger partial charge in [0.1, 0.15) is 5.15 Å². The molecular formula is C8H6Cl2FN. The Hall–Kier alpha value is -0.340. The van der Waals surface area contributed by atoms with E-state index in [2.05, 4.69) is 4.98 Å². The standard InChI is InChI=1S/C8H6Cl2FN/c9-5-3-6(10)12-8(7(5)11)4-1-2-4/h3-4H,1-2H2. The van der Waals surface area contributed by atoms with Crippen LogP contribution in [0.25, 0.3) is 0 Å². The molecular weight excluding hydrogens is 200 g/mol. The summed E-state index contributed by atoms with van der Waals surface area (Å²) in [5.41, 5.74) is 0.424. The van der Waals surface area contributed by atoms with E-state index in [0.717, 1.165) is 12.8 Å². The number of rotatable bonds is 1. The number of hydrogen-bond acceptors (Lipinski definition) is 1. The Morgan fingerprint density at radius 1 is 1.42 bits per heavy atom. The van der Waals surface area contributed by atoms with Crippen molar-refractivity contribution in [2.24, 2.45) is 0 Å². The van der Waals surface area contributed by atoms with Gasteiger partial charge < -0.3 is 0 Å². The zero-order chi connectivity index (χ0) is 8.72. The first-order chi connectivity index (χ1) is 5.68. The lowest BCUT2D eigenvalue weighted by Crippen LogP contribution is -1.93. The molecule has 2 rings (SSSR count). The van der Waals surface area contributed by atoms with Crippen molar-refractivity contribution < 1.29 is 4.39 Å². The smallest absolute Gasteiger partial charge is 0.163 e. The van der Waals surface area contributed by atoms with E-state index in [1.165, 1.54) is 6.07 Å². The summed E-state index contributed by atoms with van der Waals surface area (Å²) >= 11 is 11.2. The summed E-state index contributed by atoms with van der Waals surface area (Å²) in [6.45, 7) is 0. The van der Waals surface area contributed by atoms with E-state index < -0.39 is 5.82 Å². The number of pyridine rings is 1. The van der Waals surface area contributed by atoms with E-state index in [0.29, 0.717) is 5.69 Å². The second kappa shape index (κ2) is 2.86. The molecule has 0 spiro atoms. The minimum Gasteiger partial charge on any atom is -0.238 e. The number of nitrogens with zero attached hydrogens (tertiary/aromatic N) is 1. The molecule has 64 valence electrons. The van der Waals surface area contributed by atoms with Crippen LogP contribution in [0.5, 0.6) is 0 Å². The lowest BCUT2D eigenvalue weighted by Gasteiger charge is -2.01. The van der Waals surface area contributed by atoms with Crippen molar-refractivity contribution in [2.45, 2.75) is 18.8 Å². The minimum atomic E-state index is -0.413. The lowest BCUT2D eigenvalue weighted by molar-refractivity contribution is 0.600. The highest BCUT2D eigenvalue weighted by Gasteiger charge is 2.29. The Labute approximate surface area is 79.5 Å². The van der Waals surface area contributed by atoms with Gasteiger partial charge in [-0.05, 0) is 18.9 Å². The fraction of sp³-hybridized carbons (Fsp3) is 0.375. The summed E-state index contributed by atoms with van der Waals surface area (Å²) in [7, 11) is 0. The van der Waals surface area contributed by atoms with Crippen LogP contribution < -0.4 is 0 Å². The van der Waals surface area contributed by atoms with Gasteiger partial charge in [-0.25, -0.2) is 9.37 Å². The Bertz CT molecular complexity index is 323. The summed E-state index contributed by atoms with van der Waals surface area (Å²) in [4.78, 5) is 3.90. The molecule has 12 heavy (non-hydrogen) atoms. The van der Waals surface area contributed by atoms with Crippen molar-refractivity contribution in [1.29, 1.82) is 0 Å². The molecule has 0 aromatic carbocycles. The second-order valence-electron chi connectivity index (χ2n) is 2.90. The monoisotopic (exact) mass is 205 g/mol. The first-order valence-corrected chi connectivity index (χ1v) is 4.45. The highest BCUT2D eigenvalue weighted by Crippen LogP contribution is 2.41. The summed E-state index contributed by atoms with van der Waals surface area (Å²) in [6, 6.07) is 1.32. The van der Waals surface area contributed by atoms with Crippen LogP contribution in [-0.4, -0.2) is 4.98 Å². The minimum absolute atomic E-state index is 0.0666. The number of aromatic nitrogens is 1. The van der Waals surface area contributed by atoms with E-state index in [1.54, 1.807) is 0 Å². The SMILES string of the molecule is Fc1c(Cl)cc(Cl)nc1C1CC1. The average molecular weight is 206 g/mol. The molecule has 0 atom stereocenters. The van der Waals surface area contributed by atoms with Gasteiger partial charge in [0.2, 0.25) is 0 Å². The van der Waals surface area contributed by atoms with Crippen molar-refractivity contribution in [1.82, 2.24) is 4.98 Å². The molecule has 0 radical (unpaired) electrons. The van der Waals surface area contributed by atoms with Crippen molar-refractivity contribution in [3.05, 3.63) is 27.8 Å². The molecule has 1 aliphatic rings. The van der Waals surface area contributed by atoms with Gasteiger partial charge in [0.15, 0.2) is 5.82 Å². The second-order valence-corrected chi connectivity index (χ2v) is 3.69. The third-order valence-corrected chi connectivity index (χ3v) is 2.34. The molecule has 4 heteroatoms. The molecule has 1 saturated carbocycles. The molecule has 0 unspecified atom stereocenters. The van der Waals surface area contributed by atoms with Crippen LogP contribution in [0.4, 0.5) is 4.39 Å². The molecule has 1 aromatic heterocycles. The average Bonchev–Trinajstić information content (AvgIpc) is 2.79. The van der Waals surface area contributed by atoms with Gasteiger partial charge in [-0.1, -0.05) is 23.2 Å². The normalized spacial score (nSPS) is 16.6. The predicted octanol–water partition coefficient (Wildman–Crippen LogP) is 3.40. The highest BCUT2D eigenvalue weighted by molar-refractivity contribution is 6.34. The zero-order valence-corrected chi connectivity index (χ0v) is 7.66. The van der Waals surface area contributed by atoms with Crippen LogP contribution >= 0.6 is 23.2 Å². The molecule has 1 aromatic rings. The molecule has 1 fully saturated rings. The first-order valence-electron chi connectivity index (χ1n) is 3.70. The van der Waals surface area contributed by atoms with Gasteiger partial charge in [-0.3, -0.25) is 0 Å². The molecule has 0 aliphatic heterocycles. The van der Waals surface area contributed by atoms with Crippen molar-refractivity contribution >= 4 is 23.2 Å². The molecule has 0 amide bonds.